The number of nitrogens with one attached hydrogen (secondary N) is 2. The normalized spacial score (nSPS) is 12.4. The topological polar surface area (TPSA) is 84.2 Å². The second kappa shape index (κ2) is 4.54. The van der Waals surface area contributed by atoms with Gasteiger partial charge in [-0.15, -0.1) is 0 Å². The maximum absolute atomic E-state index is 11.4. The van der Waals surface area contributed by atoms with Gasteiger partial charge in [-0.05, 0) is 6.92 Å². The summed E-state index contributed by atoms with van der Waals surface area (Å²) in [6.07, 6.45) is 1.37. The Labute approximate surface area is 102 Å². The lowest BCUT2D eigenvalue weighted by atomic mass is 10.3. The van der Waals surface area contributed by atoms with Crippen molar-refractivity contribution in [2.45, 2.75) is 13.0 Å². The predicted molar refractivity (Wildman–Crippen MR) is 62.9 cm³/mol. The third-order valence-corrected chi connectivity index (χ3v) is 2.42. The van der Waals surface area contributed by atoms with Gasteiger partial charge < -0.3 is 10.6 Å². The second-order valence-electron chi connectivity index (χ2n) is 3.42. The van der Waals surface area contributed by atoms with Crippen LogP contribution in [0.5, 0.6) is 0 Å². The summed E-state index contributed by atoms with van der Waals surface area (Å²) in [6, 6.07) is 1.17. The zero-order chi connectivity index (χ0) is 12.4. The molecule has 0 spiro atoms. The number of nitrogens with zero attached hydrogens (tertiary/aromatic N) is 4. The third-order valence-electron chi connectivity index (χ3n) is 2.22. The fourth-order valence-corrected chi connectivity index (χ4v) is 1.57. The maximum Gasteiger partial charge on any atom is 0.255 e. The van der Waals surface area contributed by atoms with Crippen molar-refractivity contribution < 1.29 is 4.79 Å². The van der Waals surface area contributed by atoms with E-state index in [1.807, 2.05) is 0 Å². The van der Waals surface area contributed by atoms with Crippen LogP contribution in [0.15, 0.2) is 12.4 Å². The fraction of sp³-hybridized carbons (Fsp3) is 0.333. The van der Waals surface area contributed by atoms with Gasteiger partial charge in [0.25, 0.3) is 5.78 Å². The number of hydrogen-bond donors (Lipinski definition) is 2. The van der Waals surface area contributed by atoms with E-state index < -0.39 is 6.04 Å². The third kappa shape index (κ3) is 2.28. The highest BCUT2D eigenvalue weighted by Crippen LogP contribution is 2.15. The van der Waals surface area contributed by atoms with Crippen LogP contribution < -0.4 is 10.6 Å². The standard InChI is InChI=1S/C9H11ClN6O/c1-5(8(17)11-2)14-7-3-6(10)15-9-12-4-13-16(7)9/h3-5,14H,1-2H3,(H,11,17). The molecular weight excluding hydrogens is 244 g/mol. The highest BCUT2D eigenvalue weighted by atomic mass is 35.5. The van der Waals surface area contributed by atoms with E-state index in [2.05, 4.69) is 25.7 Å². The first-order valence-corrected chi connectivity index (χ1v) is 5.34. The number of fused-ring (bicyclic) bond motifs is 1. The average molecular weight is 255 g/mol. The summed E-state index contributed by atoms with van der Waals surface area (Å²) in [5.74, 6) is 0.809. The molecule has 2 aromatic rings. The van der Waals surface area contributed by atoms with Gasteiger partial charge in [0, 0.05) is 13.1 Å². The number of amides is 1. The van der Waals surface area contributed by atoms with Gasteiger partial charge in [0.2, 0.25) is 5.91 Å². The smallest absolute Gasteiger partial charge is 0.255 e. The Morgan fingerprint density at radius 1 is 1.59 bits per heavy atom. The first-order valence-electron chi connectivity index (χ1n) is 4.96. The molecule has 1 atom stereocenters. The molecule has 8 heteroatoms. The van der Waals surface area contributed by atoms with E-state index in [4.69, 9.17) is 11.6 Å². The van der Waals surface area contributed by atoms with Gasteiger partial charge in [-0.1, -0.05) is 11.6 Å². The minimum absolute atomic E-state index is 0.133. The van der Waals surface area contributed by atoms with Crippen LogP contribution in [-0.4, -0.2) is 38.6 Å². The van der Waals surface area contributed by atoms with Gasteiger partial charge >= 0.3 is 0 Å². The lowest BCUT2D eigenvalue weighted by molar-refractivity contribution is -0.121. The lowest BCUT2D eigenvalue weighted by Crippen LogP contribution is -2.35. The van der Waals surface area contributed by atoms with E-state index in [0.29, 0.717) is 11.6 Å². The van der Waals surface area contributed by atoms with Crippen molar-refractivity contribution in [2.24, 2.45) is 0 Å². The maximum atomic E-state index is 11.4. The molecule has 0 aliphatic rings. The summed E-state index contributed by atoms with van der Waals surface area (Å²) >= 11 is 5.84. The van der Waals surface area contributed by atoms with E-state index in [-0.39, 0.29) is 11.1 Å². The van der Waals surface area contributed by atoms with Crippen LogP contribution in [-0.2, 0) is 4.79 Å². The van der Waals surface area contributed by atoms with Crippen molar-refractivity contribution in [3.05, 3.63) is 17.5 Å². The summed E-state index contributed by atoms with van der Waals surface area (Å²) < 4.78 is 1.48. The Hall–Kier alpha value is -1.89. The summed E-state index contributed by atoms with van der Waals surface area (Å²) in [4.78, 5) is 19.3. The van der Waals surface area contributed by atoms with E-state index in [1.165, 1.54) is 10.8 Å². The number of halogens is 1. The van der Waals surface area contributed by atoms with Crippen LogP contribution in [0.3, 0.4) is 0 Å². The predicted octanol–water partition coefficient (Wildman–Crippen LogP) is 0.324. The molecule has 2 heterocycles. The number of anilines is 1. The molecule has 0 aliphatic carbocycles. The Kier molecular flexibility index (Phi) is 3.10. The monoisotopic (exact) mass is 254 g/mol. The van der Waals surface area contributed by atoms with Crippen LogP contribution in [0.1, 0.15) is 6.92 Å². The van der Waals surface area contributed by atoms with Crippen molar-refractivity contribution in [3.8, 4) is 0 Å². The van der Waals surface area contributed by atoms with Crippen LogP contribution in [0.25, 0.3) is 5.78 Å². The van der Waals surface area contributed by atoms with Crippen molar-refractivity contribution in [2.75, 3.05) is 12.4 Å². The Bertz CT molecular complexity index is 553. The van der Waals surface area contributed by atoms with E-state index >= 15 is 0 Å². The molecule has 0 radical (unpaired) electrons. The Morgan fingerprint density at radius 2 is 2.35 bits per heavy atom. The van der Waals surface area contributed by atoms with E-state index in [1.54, 1.807) is 20.0 Å². The molecule has 2 aromatic heterocycles. The van der Waals surface area contributed by atoms with Gasteiger partial charge in [0.05, 0.1) is 0 Å². The Morgan fingerprint density at radius 3 is 3.06 bits per heavy atom. The highest BCUT2D eigenvalue weighted by molar-refractivity contribution is 6.29. The zero-order valence-corrected chi connectivity index (χ0v) is 10.1. The average Bonchev–Trinajstić information content (AvgIpc) is 2.75. The van der Waals surface area contributed by atoms with Gasteiger partial charge in [0.15, 0.2) is 0 Å². The number of carbonyl (C=O) groups excluding carboxylic acids is 1. The molecule has 0 aliphatic heterocycles. The molecule has 0 saturated carbocycles. The molecule has 90 valence electrons. The zero-order valence-electron chi connectivity index (χ0n) is 9.31. The SMILES string of the molecule is CNC(=O)C(C)Nc1cc(Cl)nc2ncnn12. The number of likely N-dealkylation sites (N-methyl/N-ethyl adjacent to an activating group) is 1. The number of carbonyl (C=O) groups is 1. The quantitative estimate of drug-likeness (QED) is 0.771. The molecule has 17 heavy (non-hydrogen) atoms. The summed E-state index contributed by atoms with van der Waals surface area (Å²) in [6.45, 7) is 1.73. The van der Waals surface area contributed by atoms with Gasteiger partial charge in [-0.3, -0.25) is 4.79 Å². The van der Waals surface area contributed by atoms with Crippen molar-refractivity contribution >= 4 is 29.1 Å². The molecule has 1 amide bonds. The van der Waals surface area contributed by atoms with Crippen molar-refractivity contribution in [1.29, 1.82) is 0 Å². The van der Waals surface area contributed by atoms with Crippen LogP contribution in [0, 0.1) is 0 Å². The molecule has 1 unspecified atom stereocenters. The molecule has 0 aromatic carbocycles. The van der Waals surface area contributed by atoms with Gasteiger partial charge in [-0.2, -0.15) is 19.6 Å². The molecule has 0 saturated heterocycles. The highest BCUT2D eigenvalue weighted by Gasteiger charge is 2.13. The van der Waals surface area contributed by atoms with Crippen LogP contribution in [0.4, 0.5) is 5.82 Å². The first kappa shape index (κ1) is 11.6. The second-order valence-corrected chi connectivity index (χ2v) is 3.80. The molecular formula is C9H11ClN6O. The lowest BCUT2D eigenvalue weighted by Gasteiger charge is -2.14. The fourth-order valence-electron chi connectivity index (χ4n) is 1.39. The van der Waals surface area contributed by atoms with Gasteiger partial charge in [0.1, 0.15) is 23.3 Å². The van der Waals surface area contributed by atoms with Crippen LogP contribution in [0.2, 0.25) is 5.15 Å². The van der Waals surface area contributed by atoms with Gasteiger partial charge in [-0.25, -0.2) is 0 Å². The minimum Gasteiger partial charge on any atom is -0.358 e. The largest absolute Gasteiger partial charge is 0.358 e. The first-order chi connectivity index (χ1) is 8.11. The number of rotatable bonds is 3. The van der Waals surface area contributed by atoms with E-state index in [0.717, 1.165) is 0 Å². The number of aromatic nitrogens is 4. The summed E-state index contributed by atoms with van der Waals surface area (Å²) in [5, 5.41) is 9.81. The van der Waals surface area contributed by atoms with Crippen molar-refractivity contribution in [1.82, 2.24) is 24.9 Å². The van der Waals surface area contributed by atoms with Crippen molar-refractivity contribution in [3.63, 3.8) is 0 Å². The molecule has 7 nitrogen and oxygen atoms in total. The molecule has 2 N–H and O–H groups in total. The van der Waals surface area contributed by atoms with E-state index in [9.17, 15) is 4.79 Å². The number of hydrogen-bond acceptors (Lipinski definition) is 5. The molecule has 0 bridgehead atoms. The Balaban J connectivity index is 2.34. The summed E-state index contributed by atoms with van der Waals surface area (Å²) in [7, 11) is 1.57. The molecule has 2 rings (SSSR count). The minimum atomic E-state index is -0.411. The van der Waals surface area contributed by atoms with Crippen LogP contribution >= 0.6 is 11.6 Å². The summed E-state index contributed by atoms with van der Waals surface area (Å²) in [5.41, 5.74) is 0. The molecule has 0 fully saturated rings.